The standard InChI is InChI=1S/C17H25N3O2/c1-18-7-9-20-10-8-19(13-16(20)17(18)21)11-12-22-14-15-5-3-2-4-6-15/h2-6,16H,7-14H2,1H3. The van der Waals surface area contributed by atoms with Gasteiger partial charge in [0.15, 0.2) is 0 Å². The molecule has 0 saturated carbocycles. The van der Waals surface area contributed by atoms with Crippen molar-refractivity contribution in [2.24, 2.45) is 0 Å². The minimum atomic E-state index is 0.0432. The lowest BCUT2D eigenvalue weighted by Crippen LogP contribution is -2.64. The van der Waals surface area contributed by atoms with E-state index in [-0.39, 0.29) is 11.9 Å². The summed E-state index contributed by atoms with van der Waals surface area (Å²) in [5, 5.41) is 0. The van der Waals surface area contributed by atoms with Crippen molar-refractivity contribution < 1.29 is 9.53 Å². The minimum Gasteiger partial charge on any atom is -0.375 e. The van der Waals surface area contributed by atoms with Crippen molar-refractivity contribution in [3.05, 3.63) is 35.9 Å². The largest absolute Gasteiger partial charge is 0.375 e. The third-order valence-corrected chi connectivity index (χ3v) is 4.62. The molecule has 1 amide bonds. The first-order valence-corrected chi connectivity index (χ1v) is 8.07. The van der Waals surface area contributed by atoms with Crippen molar-refractivity contribution >= 4 is 5.91 Å². The summed E-state index contributed by atoms with van der Waals surface area (Å²) < 4.78 is 5.76. The molecule has 2 aliphatic heterocycles. The summed E-state index contributed by atoms with van der Waals surface area (Å²) in [6.07, 6.45) is 0. The van der Waals surface area contributed by atoms with E-state index in [2.05, 4.69) is 21.9 Å². The number of nitrogens with zero attached hydrogens (tertiary/aromatic N) is 3. The summed E-state index contributed by atoms with van der Waals surface area (Å²) in [5.74, 6) is 0.265. The maximum absolute atomic E-state index is 12.2. The van der Waals surface area contributed by atoms with E-state index < -0.39 is 0 Å². The van der Waals surface area contributed by atoms with Gasteiger partial charge in [-0.3, -0.25) is 14.6 Å². The molecule has 2 aliphatic rings. The SMILES string of the molecule is CN1CCN2CCN(CCOCc3ccccc3)CC2C1=O. The molecule has 1 unspecified atom stereocenters. The number of carbonyl (C=O) groups excluding carboxylic acids is 1. The quantitative estimate of drug-likeness (QED) is 0.749. The number of likely N-dealkylation sites (N-methyl/N-ethyl adjacent to an activating group) is 1. The van der Waals surface area contributed by atoms with Gasteiger partial charge in [0, 0.05) is 46.3 Å². The number of benzene rings is 1. The lowest BCUT2D eigenvalue weighted by molar-refractivity contribution is -0.143. The average Bonchev–Trinajstić information content (AvgIpc) is 2.56. The number of hydrogen-bond acceptors (Lipinski definition) is 4. The first-order chi connectivity index (χ1) is 10.7. The molecule has 22 heavy (non-hydrogen) atoms. The Morgan fingerprint density at radius 1 is 1.14 bits per heavy atom. The highest BCUT2D eigenvalue weighted by Crippen LogP contribution is 2.15. The first kappa shape index (κ1) is 15.5. The van der Waals surface area contributed by atoms with E-state index >= 15 is 0 Å². The molecule has 0 spiro atoms. The fraction of sp³-hybridized carbons (Fsp3) is 0.588. The van der Waals surface area contributed by atoms with Gasteiger partial charge in [-0.15, -0.1) is 0 Å². The zero-order valence-corrected chi connectivity index (χ0v) is 13.3. The molecule has 5 heteroatoms. The van der Waals surface area contributed by atoms with Crippen LogP contribution in [0, 0.1) is 0 Å². The average molecular weight is 303 g/mol. The second-order valence-electron chi connectivity index (χ2n) is 6.15. The van der Waals surface area contributed by atoms with Gasteiger partial charge in [-0.1, -0.05) is 30.3 Å². The molecule has 2 fully saturated rings. The molecule has 1 aromatic carbocycles. The van der Waals surface area contributed by atoms with Crippen molar-refractivity contribution in [2.75, 3.05) is 52.9 Å². The number of hydrogen-bond donors (Lipinski definition) is 0. The lowest BCUT2D eigenvalue weighted by atomic mass is 10.1. The molecule has 0 bridgehead atoms. The van der Waals surface area contributed by atoms with E-state index in [1.54, 1.807) is 0 Å². The molecule has 1 aromatic rings. The molecular weight excluding hydrogens is 278 g/mol. The van der Waals surface area contributed by atoms with Crippen LogP contribution in [0.25, 0.3) is 0 Å². The second-order valence-corrected chi connectivity index (χ2v) is 6.15. The van der Waals surface area contributed by atoms with Gasteiger partial charge in [-0.2, -0.15) is 0 Å². The Balaban J connectivity index is 1.41. The van der Waals surface area contributed by atoms with Crippen LogP contribution in [0.2, 0.25) is 0 Å². The van der Waals surface area contributed by atoms with Gasteiger partial charge in [0.1, 0.15) is 6.04 Å². The Hall–Kier alpha value is -1.43. The fourth-order valence-electron chi connectivity index (χ4n) is 3.18. The zero-order valence-electron chi connectivity index (χ0n) is 13.3. The molecule has 0 aliphatic carbocycles. The van der Waals surface area contributed by atoms with Crippen molar-refractivity contribution in [1.82, 2.24) is 14.7 Å². The van der Waals surface area contributed by atoms with Gasteiger partial charge < -0.3 is 9.64 Å². The summed E-state index contributed by atoms with van der Waals surface area (Å²) in [7, 11) is 1.90. The van der Waals surface area contributed by atoms with Gasteiger partial charge in [-0.25, -0.2) is 0 Å². The van der Waals surface area contributed by atoms with Crippen molar-refractivity contribution in [3.8, 4) is 0 Å². The van der Waals surface area contributed by atoms with Gasteiger partial charge >= 0.3 is 0 Å². The number of fused-ring (bicyclic) bond motifs is 1. The number of piperazine rings is 2. The van der Waals surface area contributed by atoms with Crippen LogP contribution >= 0.6 is 0 Å². The zero-order chi connectivity index (χ0) is 15.4. The monoisotopic (exact) mass is 303 g/mol. The van der Waals surface area contributed by atoms with Crippen molar-refractivity contribution in [1.29, 1.82) is 0 Å². The van der Waals surface area contributed by atoms with E-state index in [4.69, 9.17) is 4.74 Å². The molecule has 2 saturated heterocycles. The van der Waals surface area contributed by atoms with E-state index in [1.165, 1.54) is 5.56 Å². The van der Waals surface area contributed by atoms with Crippen LogP contribution in [0.3, 0.4) is 0 Å². The molecule has 0 radical (unpaired) electrons. The van der Waals surface area contributed by atoms with E-state index in [9.17, 15) is 4.79 Å². The van der Waals surface area contributed by atoms with Crippen LogP contribution in [0.15, 0.2) is 30.3 Å². The van der Waals surface area contributed by atoms with E-state index in [0.29, 0.717) is 13.2 Å². The number of amides is 1. The van der Waals surface area contributed by atoms with Crippen molar-refractivity contribution in [2.45, 2.75) is 12.6 Å². The Morgan fingerprint density at radius 2 is 1.91 bits per heavy atom. The normalized spacial score (nSPS) is 23.6. The Morgan fingerprint density at radius 3 is 2.73 bits per heavy atom. The van der Waals surface area contributed by atoms with Crippen molar-refractivity contribution in [3.63, 3.8) is 0 Å². The van der Waals surface area contributed by atoms with Crippen LogP contribution in [0.5, 0.6) is 0 Å². The topological polar surface area (TPSA) is 36.0 Å². The highest BCUT2D eigenvalue weighted by atomic mass is 16.5. The van der Waals surface area contributed by atoms with Gasteiger partial charge in [0.25, 0.3) is 0 Å². The predicted octanol–water partition coefficient (Wildman–Crippen LogP) is 0.661. The number of rotatable bonds is 5. The highest BCUT2D eigenvalue weighted by molar-refractivity contribution is 5.82. The Bertz CT molecular complexity index is 494. The molecule has 5 nitrogen and oxygen atoms in total. The summed E-state index contributed by atoms with van der Waals surface area (Å²) in [4.78, 5) is 18.8. The van der Waals surface area contributed by atoms with Gasteiger partial charge in [0.05, 0.1) is 13.2 Å². The molecular formula is C17H25N3O2. The Labute approximate surface area is 132 Å². The van der Waals surface area contributed by atoms with Crippen LogP contribution in [-0.2, 0) is 16.1 Å². The first-order valence-electron chi connectivity index (χ1n) is 8.07. The third kappa shape index (κ3) is 3.66. The minimum absolute atomic E-state index is 0.0432. The summed E-state index contributed by atoms with van der Waals surface area (Å²) in [5.41, 5.74) is 1.21. The maximum Gasteiger partial charge on any atom is 0.241 e. The van der Waals surface area contributed by atoms with Crippen LogP contribution in [0.4, 0.5) is 0 Å². The van der Waals surface area contributed by atoms with Crippen LogP contribution in [-0.4, -0.2) is 79.6 Å². The summed E-state index contributed by atoms with van der Waals surface area (Å²) in [6.45, 7) is 6.98. The maximum atomic E-state index is 12.2. The summed E-state index contributed by atoms with van der Waals surface area (Å²) in [6, 6.07) is 10.3. The van der Waals surface area contributed by atoms with Gasteiger partial charge in [0.2, 0.25) is 5.91 Å². The Kier molecular flexibility index (Phi) is 5.08. The predicted molar refractivity (Wildman–Crippen MR) is 85.5 cm³/mol. The summed E-state index contributed by atoms with van der Waals surface area (Å²) >= 11 is 0. The van der Waals surface area contributed by atoms with E-state index in [0.717, 1.165) is 39.3 Å². The third-order valence-electron chi connectivity index (χ3n) is 4.62. The number of ether oxygens (including phenoxy) is 1. The van der Waals surface area contributed by atoms with Crippen LogP contribution < -0.4 is 0 Å². The molecule has 0 N–H and O–H groups in total. The number of carbonyl (C=O) groups is 1. The highest BCUT2D eigenvalue weighted by Gasteiger charge is 2.36. The van der Waals surface area contributed by atoms with Crippen LogP contribution in [0.1, 0.15) is 5.56 Å². The lowest BCUT2D eigenvalue weighted by Gasteiger charge is -2.45. The second kappa shape index (κ2) is 7.22. The smallest absolute Gasteiger partial charge is 0.241 e. The molecule has 0 aromatic heterocycles. The molecule has 1 atom stereocenters. The molecule has 3 rings (SSSR count). The van der Waals surface area contributed by atoms with E-state index in [1.807, 2.05) is 30.1 Å². The molecule has 120 valence electrons. The molecule has 2 heterocycles. The fourth-order valence-corrected chi connectivity index (χ4v) is 3.18. The van der Waals surface area contributed by atoms with Gasteiger partial charge in [-0.05, 0) is 5.56 Å².